The molecule has 5 nitrogen and oxygen atoms in total. The fourth-order valence-electron chi connectivity index (χ4n) is 2.78. The predicted octanol–water partition coefficient (Wildman–Crippen LogP) is 2.48. The molecule has 0 aliphatic carbocycles. The van der Waals surface area contributed by atoms with Crippen molar-refractivity contribution < 1.29 is 13.2 Å². The molecule has 24 heavy (non-hydrogen) atoms. The number of aryl methyl sites for hydroxylation is 1. The summed E-state index contributed by atoms with van der Waals surface area (Å²) < 4.78 is 27.6. The average Bonchev–Trinajstić information content (AvgIpc) is 2.75. The van der Waals surface area contributed by atoms with Crippen molar-refractivity contribution in [1.29, 1.82) is 0 Å². The van der Waals surface area contributed by atoms with Gasteiger partial charge in [-0.2, -0.15) is 0 Å². The van der Waals surface area contributed by atoms with Gasteiger partial charge in [0.25, 0.3) is 0 Å². The van der Waals surface area contributed by atoms with Gasteiger partial charge in [0, 0.05) is 18.7 Å². The molecule has 1 aliphatic rings. The summed E-state index contributed by atoms with van der Waals surface area (Å²) in [7, 11) is -3.55. The van der Waals surface area contributed by atoms with Gasteiger partial charge in [0.05, 0.1) is 4.90 Å². The number of fused-ring (bicyclic) bond motifs is 1. The van der Waals surface area contributed by atoms with Crippen LogP contribution in [-0.4, -0.2) is 20.9 Å². The van der Waals surface area contributed by atoms with Gasteiger partial charge < -0.3 is 5.32 Å². The minimum atomic E-state index is -3.55. The number of sulfonamides is 1. The summed E-state index contributed by atoms with van der Waals surface area (Å²) >= 11 is 0. The van der Waals surface area contributed by atoms with Crippen LogP contribution in [0.5, 0.6) is 0 Å². The van der Waals surface area contributed by atoms with Gasteiger partial charge >= 0.3 is 0 Å². The van der Waals surface area contributed by atoms with E-state index < -0.39 is 10.0 Å². The molecule has 0 aromatic heterocycles. The molecule has 0 spiro atoms. The summed E-state index contributed by atoms with van der Waals surface area (Å²) in [4.78, 5) is 11.8. The van der Waals surface area contributed by atoms with Crippen LogP contribution in [0.2, 0.25) is 0 Å². The largest absolute Gasteiger partial charge is 0.326 e. The van der Waals surface area contributed by atoms with E-state index in [1.807, 2.05) is 30.3 Å². The average molecular weight is 344 g/mol. The number of rotatable bonds is 5. The molecule has 0 bridgehead atoms. The van der Waals surface area contributed by atoms with Crippen LogP contribution in [-0.2, 0) is 27.7 Å². The molecule has 6 heteroatoms. The highest BCUT2D eigenvalue weighted by molar-refractivity contribution is 7.89. The molecule has 2 aromatic carbocycles. The quantitative estimate of drug-likeness (QED) is 0.875. The lowest BCUT2D eigenvalue weighted by atomic mass is 10.1. The molecular formula is C18H20N2O3S. The summed E-state index contributed by atoms with van der Waals surface area (Å²) in [5.41, 5.74) is 2.66. The van der Waals surface area contributed by atoms with Gasteiger partial charge in [-0.3, -0.25) is 4.79 Å². The highest BCUT2D eigenvalue weighted by atomic mass is 32.2. The molecular weight excluding hydrogens is 324 g/mol. The molecule has 3 rings (SSSR count). The third kappa shape index (κ3) is 4.01. The maximum Gasteiger partial charge on any atom is 0.240 e. The van der Waals surface area contributed by atoms with Crippen LogP contribution in [0.4, 0.5) is 5.69 Å². The zero-order valence-electron chi connectivity index (χ0n) is 13.3. The number of carbonyl (C=O) groups is 1. The van der Waals surface area contributed by atoms with Crippen molar-refractivity contribution >= 4 is 21.6 Å². The molecule has 0 saturated carbocycles. The summed E-state index contributed by atoms with van der Waals surface area (Å²) in [6, 6.07) is 14.6. The lowest BCUT2D eigenvalue weighted by molar-refractivity contribution is -0.116. The van der Waals surface area contributed by atoms with Crippen LogP contribution in [0.1, 0.15) is 24.0 Å². The van der Waals surface area contributed by atoms with E-state index in [0.29, 0.717) is 31.5 Å². The van der Waals surface area contributed by atoms with Crippen LogP contribution < -0.4 is 10.0 Å². The maximum atomic E-state index is 12.5. The molecule has 0 atom stereocenters. The molecule has 1 aliphatic heterocycles. The smallest absolute Gasteiger partial charge is 0.240 e. The molecule has 126 valence electrons. The number of hydrogen-bond acceptors (Lipinski definition) is 3. The number of amides is 1. The van der Waals surface area contributed by atoms with Crippen molar-refractivity contribution in [2.75, 3.05) is 11.9 Å². The maximum absolute atomic E-state index is 12.5. The fourth-order valence-corrected chi connectivity index (χ4v) is 3.86. The van der Waals surface area contributed by atoms with Crippen molar-refractivity contribution in [3.8, 4) is 0 Å². The SMILES string of the molecule is O=C1CCCc2cc(S(=O)(=O)NCCc3ccccc3)ccc2N1. The normalized spacial score (nSPS) is 14.6. The second-order valence-electron chi connectivity index (χ2n) is 5.85. The number of benzene rings is 2. The third-order valence-electron chi connectivity index (χ3n) is 4.06. The van der Waals surface area contributed by atoms with Gasteiger partial charge in [-0.05, 0) is 48.6 Å². The first-order valence-corrected chi connectivity index (χ1v) is 9.49. The van der Waals surface area contributed by atoms with E-state index in [1.165, 1.54) is 6.07 Å². The van der Waals surface area contributed by atoms with Gasteiger partial charge in [0.2, 0.25) is 15.9 Å². The Morgan fingerprint density at radius 1 is 1.04 bits per heavy atom. The number of carbonyl (C=O) groups excluding carboxylic acids is 1. The van der Waals surface area contributed by atoms with Gasteiger partial charge in [-0.15, -0.1) is 0 Å². The van der Waals surface area contributed by atoms with Crippen LogP contribution in [0, 0.1) is 0 Å². The van der Waals surface area contributed by atoms with Crippen molar-refractivity contribution in [3.05, 3.63) is 59.7 Å². The summed E-state index contributed by atoms with van der Waals surface area (Å²) in [6.07, 6.45) is 2.53. The summed E-state index contributed by atoms with van der Waals surface area (Å²) in [5.74, 6) is -0.0228. The van der Waals surface area contributed by atoms with Gasteiger partial charge in [-0.1, -0.05) is 30.3 Å². The topological polar surface area (TPSA) is 75.3 Å². The van der Waals surface area contributed by atoms with E-state index in [-0.39, 0.29) is 10.8 Å². The number of anilines is 1. The van der Waals surface area contributed by atoms with Crippen molar-refractivity contribution in [2.45, 2.75) is 30.6 Å². The van der Waals surface area contributed by atoms with E-state index in [2.05, 4.69) is 10.0 Å². The van der Waals surface area contributed by atoms with Crippen molar-refractivity contribution in [2.24, 2.45) is 0 Å². The zero-order valence-corrected chi connectivity index (χ0v) is 14.1. The Kier molecular flexibility index (Phi) is 4.97. The predicted molar refractivity (Wildman–Crippen MR) is 93.3 cm³/mol. The zero-order chi connectivity index (χ0) is 17.0. The number of hydrogen-bond donors (Lipinski definition) is 2. The summed E-state index contributed by atoms with van der Waals surface area (Å²) in [5, 5.41) is 2.81. The Bertz CT molecular complexity index is 833. The molecule has 1 amide bonds. The Hall–Kier alpha value is -2.18. The van der Waals surface area contributed by atoms with E-state index in [0.717, 1.165) is 17.5 Å². The van der Waals surface area contributed by atoms with Crippen molar-refractivity contribution in [3.63, 3.8) is 0 Å². The monoisotopic (exact) mass is 344 g/mol. The molecule has 1 heterocycles. The van der Waals surface area contributed by atoms with Crippen molar-refractivity contribution in [1.82, 2.24) is 4.72 Å². The second-order valence-corrected chi connectivity index (χ2v) is 7.62. The van der Waals surface area contributed by atoms with E-state index in [1.54, 1.807) is 12.1 Å². The molecule has 0 radical (unpaired) electrons. The van der Waals surface area contributed by atoms with E-state index in [4.69, 9.17) is 0 Å². The van der Waals surface area contributed by atoms with Crippen LogP contribution in [0.3, 0.4) is 0 Å². The first kappa shape index (κ1) is 16.7. The first-order valence-electron chi connectivity index (χ1n) is 8.01. The fraction of sp³-hybridized carbons (Fsp3) is 0.278. The third-order valence-corrected chi connectivity index (χ3v) is 5.52. The van der Waals surface area contributed by atoms with Gasteiger partial charge in [0.1, 0.15) is 0 Å². The van der Waals surface area contributed by atoms with Gasteiger partial charge in [0.15, 0.2) is 0 Å². The second kappa shape index (κ2) is 7.15. The van der Waals surface area contributed by atoms with E-state index >= 15 is 0 Å². The highest BCUT2D eigenvalue weighted by Gasteiger charge is 2.18. The highest BCUT2D eigenvalue weighted by Crippen LogP contribution is 2.25. The van der Waals surface area contributed by atoms with Gasteiger partial charge in [-0.25, -0.2) is 13.1 Å². The molecule has 2 N–H and O–H groups in total. The summed E-state index contributed by atoms with van der Waals surface area (Å²) in [6.45, 7) is 0.347. The minimum Gasteiger partial charge on any atom is -0.326 e. The van der Waals surface area contributed by atoms with E-state index in [9.17, 15) is 13.2 Å². The van der Waals surface area contributed by atoms with Crippen LogP contribution in [0.25, 0.3) is 0 Å². The minimum absolute atomic E-state index is 0.0228. The molecule has 2 aromatic rings. The Balaban J connectivity index is 1.70. The molecule has 0 unspecified atom stereocenters. The van der Waals surface area contributed by atoms with Crippen LogP contribution >= 0.6 is 0 Å². The molecule has 0 fully saturated rings. The Morgan fingerprint density at radius 2 is 1.83 bits per heavy atom. The lowest BCUT2D eigenvalue weighted by Gasteiger charge is -2.11. The first-order chi connectivity index (χ1) is 11.5. The molecule has 0 saturated heterocycles. The van der Waals surface area contributed by atoms with Crippen LogP contribution in [0.15, 0.2) is 53.4 Å². The Morgan fingerprint density at radius 3 is 2.62 bits per heavy atom. The standard InChI is InChI=1S/C18H20N2O3S/c21-18-8-4-7-15-13-16(9-10-17(15)20-18)24(22,23)19-12-11-14-5-2-1-3-6-14/h1-3,5-6,9-10,13,19H,4,7-8,11-12H2,(H,20,21). The lowest BCUT2D eigenvalue weighted by Crippen LogP contribution is -2.26. The number of nitrogens with one attached hydrogen (secondary N) is 2. The Labute approximate surface area is 142 Å².